The van der Waals surface area contributed by atoms with Gasteiger partial charge in [0.1, 0.15) is 6.10 Å². The largest absolute Gasteiger partial charge is 0.459 e. The lowest BCUT2D eigenvalue weighted by molar-refractivity contribution is -0.143. The van der Waals surface area contributed by atoms with Crippen molar-refractivity contribution in [2.45, 2.75) is 52.1 Å². The summed E-state index contributed by atoms with van der Waals surface area (Å²) < 4.78 is 5.49. The molecule has 2 nitrogen and oxygen atoms in total. The van der Waals surface area contributed by atoms with E-state index in [1.807, 2.05) is 30.3 Å². The molecule has 2 heteroatoms. The van der Waals surface area contributed by atoms with Gasteiger partial charge < -0.3 is 4.74 Å². The van der Waals surface area contributed by atoms with Gasteiger partial charge in [-0.05, 0) is 24.5 Å². The van der Waals surface area contributed by atoms with Crippen molar-refractivity contribution in [2.75, 3.05) is 0 Å². The van der Waals surface area contributed by atoms with E-state index in [0.29, 0.717) is 0 Å². The highest BCUT2D eigenvalue weighted by molar-refractivity contribution is 5.87. The van der Waals surface area contributed by atoms with Crippen molar-refractivity contribution in [2.24, 2.45) is 0 Å². The highest BCUT2D eigenvalue weighted by Crippen LogP contribution is 2.12. The van der Waals surface area contributed by atoms with E-state index in [1.165, 1.54) is 6.08 Å². The Morgan fingerprint density at radius 2 is 1.89 bits per heavy atom. The van der Waals surface area contributed by atoms with Crippen LogP contribution in [-0.4, -0.2) is 12.1 Å². The molecule has 1 aromatic carbocycles. The lowest BCUT2D eigenvalue weighted by Crippen LogP contribution is -2.16. The number of carbonyl (C=O) groups is 1. The molecule has 0 amide bonds. The van der Waals surface area contributed by atoms with Crippen molar-refractivity contribution < 1.29 is 9.53 Å². The molecule has 1 aromatic rings. The number of ether oxygens (including phenoxy) is 1. The third kappa shape index (κ3) is 6.80. The maximum atomic E-state index is 11.8. The summed E-state index contributed by atoms with van der Waals surface area (Å²) in [6.07, 6.45) is 8.59. The molecule has 1 atom stereocenters. The second-order valence-corrected chi connectivity index (χ2v) is 4.73. The summed E-state index contributed by atoms with van der Waals surface area (Å²) in [6, 6.07) is 9.78. The molecule has 0 saturated heterocycles. The molecule has 0 aliphatic rings. The van der Waals surface area contributed by atoms with E-state index in [4.69, 9.17) is 4.74 Å². The second-order valence-electron chi connectivity index (χ2n) is 4.73. The Morgan fingerprint density at radius 3 is 2.53 bits per heavy atom. The van der Waals surface area contributed by atoms with Gasteiger partial charge in [-0.3, -0.25) is 0 Å². The zero-order valence-corrected chi connectivity index (χ0v) is 12.0. The molecule has 0 saturated carbocycles. The van der Waals surface area contributed by atoms with Crippen LogP contribution in [0.2, 0.25) is 0 Å². The smallest absolute Gasteiger partial charge is 0.331 e. The van der Waals surface area contributed by atoms with Gasteiger partial charge in [0.05, 0.1) is 0 Å². The molecule has 0 aromatic heterocycles. The van der Waals surface area contributed by atoms with Gasteiger partial charge in [-0.2, -0.15) is 0 Å². The first-order valence-electron chi connectivity index (χ1n) is 7.20. The van der Waals surface area contributed by atoms with Crippen LogP contribution in [0, 0.1) is 0 Å². The highest BCUT2D eigenvalue weighted by Gasteiger charge is 2.10. The zero-order valence-electron chi connectivity index (χ0n) is 12.0. The van der Waals surface area contributed by atoms with E-state index in [9.17, 15) is 4.79 Å². The van der Waals surface area contributed by atoms with Crippen LogP contribution in [0.5, 0.6) is 0 Å². The van der Waals surface area contributed by atoms with Gasteiger partial charge in [-0.1, -0.05) is 63.4 Å². The molecule has 0 aliphatic carbocycles. The molecule has 0 fully saturated rings. The molecule has 0 aliphatic heterocycles. The Labute approximate surface area is 116 Å². The average molecular weight is 260 g/mol. The van der Waals surface area contributed by atoms with E-state index in [-0.39, 0.29) is 12.1 Å². The van der Waals surface area contributed by atoms with Gasteiger partial charge in [-0.25, -0.2) is 4.79 Å². The zero-order chi connectivity index (χ0) is 13.9. The van der Waals surface area contributed by atoms with E-state index in [2.05, 4.69) is 13.8 Å². The molecule has 104 valence electrons. The SMILES string of the molecule is CCCCC(CCC)OC(=O)C=Cc1ccccc1. The summed E-state index contributed by atoms with van der Waals surface area (Å²) in [5.74, 6) is -0.238. The number of hydrogen-bond acceptors (Lipinski definition) is 2. The fourth-order valence-corrected chi connectivity index (χ4v) is 1.95. The predicted molar refractivity (Wildman–Crippen MR) is 79.8 cm³/mol. The first-order chi connectivity index (χ1) is 9.26. The Hall–Kier alpha value is -1.57. The van der Waals surface area contributed by atoms with Crippen LogP contribution < -0.4 is 0 Å². The maximum Gasteiger partial charge on any atom is 0.331 e. The normalized spacial score (nSPS) is 12.5. The van der Waals surface area contributed by atoms with Crippen molar-refractivity contribution >= 4 is 12.0 Å². The molecule has 0 N–H and O–H groups in total. The predicted octanol–water partition coefficient (Wildman–Crippen LogP) is 4.60. The Bertz CT molecular complexity index is 382. The molecule has 0 bridgehead atoms. The van der Waals surface area contributed by atoms with Crippen molar-refractivity contribution in [1.82, 2.24) is 0 Å². The number of unbranched alkanes of at least 4 members (excludes halogenated alkanes) is 1. The number of esters is 1. The number of rotatable bonds is 8. The number of carbonyl (C=O) groups excluding carboxylic acids is 1. The molecule has 0 heterocycles. The minimum absolute atomic E-state index is 0.0675. The van der Waals surface area contributed by atoms with Crippen LogP contribution in [-0.2, 0) is 9.53 Å². The molecule has 0 radical (unpaired) electrons. The number of hydrogen-bond donors (Lipinski definition) is 0. The molecule has 1 unspecified atom stereocenters. The maximum absolute atomic E-state index is 11.8. The van der Waals surface area contributed by atoms with Gasteiger partial charge in [0.2, 0.25) is 0 Å². The summed E-state index contributed by atoms with van der Waals surface area (Å²) in [4.78, 5) is 11.8. The Kier molecular flexibility index (Phi) is 7.64. The van der Waals surface area contributed by atoms with Gasteiger partial charge in [0.15, 0.2) is 0 Å². The molecule has 0 spiro atoms. The lowest BCUT2D eigenvalue weighted by atomic mass is 10.1. The van der Waals surface area contributed by atoms with Gasteiger partial charge in [0, 0.05) is 6.08 Å². The van der Waals surface area contributed by atoms with Crippen LogP contribution in [0.3, 0.4) is 0 Å². The van der Waals surface area contributed by atoms with E-state index in [0.717, 1.165) is 37.7 Å². The van der Waals surface area contributed by atoms with Crippen LogP contribution >= 0.6 is 0 Å². The fraction of sp³-hybridized carbons (Fsp3) is 0.471. The molecular weight excluding hydrogens is 236 g/mol. The minimum atomic E-state index is -0.238. The van der Waals surface area contributed by atoms with Crippen LogP contribution in [0.15, 0.2) is 36.4 Å². The van der Waals surface area contributed by atoms with E-state index in [1.54, 1.807) is 6.08 Å². The minimum Gasteiger partial charge on any atom is -0.459 e. The molecular formula is C17H24O2. The summed E-state index contributed by atoms with van der Waals surface area (Å²) in [6.45, 7) is 4.27. The van der Waals surface area contributed by atoms with Gasteiger partial charge in [-0.15, -0.1) is 0 Å². The monoisotopic (exact) mass is 260 g/mol. The summed E-state index contributed by atoms with van der Waals surface area (Å²) in [5.41, 5.74) is 1.01. The quantitative estimate of drug-likeness (QED) is 0.504. The second kappa shape index (κ2) is 9.37. The molecule has 1 rings (SSSR count). The van der Waals surface area contributed by atoms with Gasteiger partial charge in [0.25, 0.3) is 0 Å². The fourth-order valence-electron chi connectivity index (χ4n) is 1.95. The van der Waals surface area contributed by atoms with Crippen molar-refractivity contribution in [1.29, 1.82) is 0 Å². The van der Waals surface area contributed by atoms with E-state index < -0.39 is 0 Å². The summed E-state index contributed by atoms with van der Waals surface area (Å²) >= 11 is 0. The third-order valence-electron chi connectivity index (χ3n) is 2.98. The topological polar surface area (TPSA) is 26.3 Å². The Morgan fingerprint density at radius 1 is 1.16 bits per heavy atom. The van der Waals surface area contributed by atoms with Crippen molar-refractivity contribution in [3.63, 3.8) is 0 Å². The van der Waals surface area contributed by atoms with Crippen LogP contribution in [0.4, 0.5) is 0 Å². The standard InChI is InChI=1S/C17H24O2/c1-3-5-12-16(9-4-2)19-17(18)14-13-15-10-7-6-8-11-15/h6-8,10-11,13-14,16H,3-5,9,12H2,1-2H3. The first kappa shape index (κ1) is 15.5. The first-order valence-corrected chi connectivity index (χ1v) is 7.20. The molecule has 19 heavy (non-hydrogen) atoms. The highest BCUT2D eigenvalue weighted by atomic mass is 16.5. The van der Waals surface area contributed by atoms with E-state index >= 15 is 0 Å². The average Bonchev–Trinajstić information content (AvgIpc) is 2.44. The van der Waals surface area contributed by atoms with Crippen molar-refractivity contribution in [3.8, 4) is 0 Å². The van der Waals surface area contributed by atoms with Crippen LogP contribution in [0.1, 0.15) is 51.5 Å². The summed E-state index contributed by atoms with van der Waals surface area (Å²) in [5, 5.41) is 0. The van der Waals surface area contributed by atoms with Crippen molar-refractivity contribution in [3.05, 3.63) is 42.0 Å². The van der Waals surface area contributed by atoms with Crippen LogP contribution in [0.25, 0.3) is 6.08 Å². The lowest BCUT2D eigenvalue weighted by Gasteiger charge is -2.15. The Balaban J connectivity index is 2.45. The summed E-state index contributed by atoms with van der Waals surface area (Å²) in [7, 11) is 0. The third-order valence-corrected chi connectivity index (χ3v) is 2.98. The number of benzene rings is 1. The van der Waals surface area contributed by atoms with Gasteiger partial charge >= 0.3 is 5.97 Å².